The summed E-state index contributed by atoms with van der Waals surface area (Å²) < 4.78 is 33.2. The SMILES string of the molecule is COC(=O)[C@H](COS(=O)(=O)c1ccc(C)cc1)NC(C)=O. The van der Waals surface area contributed by atoms with E-state index in [2.05, 4.69) is 10.1 Å². The van der Waals surface area contributed by atoms with Crippen LogP contribution in [0.3, 0.4) is 0 Å². The van der Waals surface area contributed by atoms with Crippen molar-refractivity contribution in [2.75, 3.05) is 13.7 Å². The molecule has 1 aromatic rings. The number of ether oxygens (including phenoxy) is 1. The number of nitrogens with one attached hydrogen (secondary N) is 1. The normalized spacial score (nSPS) is 12.5. The van der Waals surface area contributed by atoms with Crippen LogP contribution in [0.5, 0.6) is 0 Å². The third-order valence-corrected chi connectivity index (χ3v) is 3.86. The standard InChI is InChI=1S/C13H17NO6S/c1-9-4-6-11(7-5-9)21(17,18)20-8-12(13(16)19-3)14-10(2)15/h4-7,12H,8H2,1-3H3,(H,14,15)/t12-/m0/s1. The van der Waals surface area contributed by atoms with Crippen LogP contribution in [-0.2, 0) is 28.6 Å². The van der Waals surface area contributed by atoms with Gasteiger partial charge in [-0.1, -0.05) is 17.7 Å². The second-order valence-electron chi connectivity index (χ2n) is 4.33. The van der Waals surface area contributed by atoms with Crippen LogP contribution >= 0.6 is 0 Å². The van der Waals surface area contributed by atoms with Gasteiger partial charge >= 0.3 is 5.97 Å². The first kappa shape index (κ1) is 17.1. The molecule has 0 saturated carbocycles. The van der Waals surface area contributed by atoms with Gasteiger partial charge in [0.1, 0.15) is 0 Å². The van der Waals surface area contributed by atoms with Crippen molar-refractivity contribution < 1.29 is 26.9 Å². The molecule has 1 N–H and O–H groups in total. The lowest BCUT2D eigenvalue weighted by atomic mass is 10.2. The van der Waals surface area contributed by atoms with Crippen LogP contribution < -0.4 is 5.32 Å². The maximum absolute atomic E-state index is 12.0. The lowest BCUT2D eigenvalue weighted by molar-refractivity contribution is -0.145. The smallest absolute Gasteiger partial charge is 0.330 e. The quantitative estimate of drug-likeness (QED) is 0.602. The number of aryl methyl sites for hydroxylation is 1. The molecule has 1 atom stereocenters. The third kappa shape index (κ3) is 5.16. The number of amides is 1. The summed E-state index contributed by atoms with van der Waals surface area (Å²) in [6.45, 7) is 2.48. The van der Waals surface area contributed by atoms with E-state index in [1.807, 2.05) is 6.92 Å². The molecular formula is C13H17NO6S. The number of carbonyl (C=O) groups excluding carboxylic acids is 2. The van der Waals surface area contributed by atoms with Gasteiger partial charge in [-0.15, -0.1) is 0 Å². The first-order valence-corrected chi connectivity index (χ1v) is 7.48. The minimum atomic E-state index is -4.01. The van der Waals surface area contributed by atoms with E-state index in [0.717, 1.165) is 12.7 Å². The molecular weight excluding hydrogens is 298 g/mol. The second-order valence-corrected chi connectivity index (χ2v) is 5.94. The zero-order valence-corrected chi connectivity index (χ0v) is 12.8. The van der Waals surface area contributed by atoms with Crippen LogP contribution in [0.4, 0.5) is 0 Å². The predicted octanol–water partition coefficient (Wildman–Crippen LogP) is 0.378. The van der Waals surface area contributed by atoms with Crippen LogP contribution in [0.2, 0.25) is 0 Å². The third-order valence-electron chi connectivity index (χ3n) is 2.56. The van der Waals surface area contributed by atoms with Gasteiger partial charge in [-0.3, -0.25) is 8.98 Å². The van der Waals surface area contributed by atoms with Crippen LogP contribution in [0.25, 0.3) is 0 Å². The van der Waals surface area contributed by atoms with E-state index in [1.54, 1.807) is 12.1 Å². The Morgan fingerprint density at radius 2 is 1.81 bits per heavy atom. The highest BCUT2D eigenvalue weighted by molar-refractivity contribution is 7.86. The molecule has 0 spiro atoms. The van der Waals surface area contributed by atoms with Crippen molar-refractivity contribution in [2.45, 2.75) is 24.8 Å². The van der Waals surface area contributed by atoms with E-state index in [1.165, 1.54) is 19.1 Å². The molecule has 116 valence electrons. The lowest BCUT2D eigenvalue weighted by Crippen LogP contribution is -2.44. The van der Waals surface area contributed by atoms with Crippen LogP contribution in [0, 0.1) is 6.92 Å². The zero-order chi connectivity index (χ0) is 16.0. The molecule has 8 heteroatoms. The van der Waals surface area contributed by atoms with Gasteiger partial charge in [0.2, 0.25) is 5.91 Å². The van der Waals surface area contributed by atoms with E-state index >= 15 is 0 Å². The van der Waals surface area contributed by atoms with Crippen LogP contribution in [0.15, 0.2) is 29.2 Å². The van der Waals surface area contributed by atoms with Gasteiger partial charge in [0.25, 0.3) is 10.1 Å². The highest BCUT2D eigenvalue weighted by Crippen LogP contribution is 2.13. The lowest BCUT2D eigenvalue weighted by Gasteiger charge is -2.15. The Bertz CT molecular complexity index is 608. The Kier molecular flexibility index (Phi) is 5.86. The molecule has 0 aliphatic rings. The summed E-state index contributed by atoms with van der Waals surface area (Å²) in [6, 6.07) is 4.86. The van der Waals surface area contributed by atoms with Crippen molar-refractivity contribution in [3.63, 3.8) is 0 Å². The monoisotopic (exact) mass is 315 g/mol. The zero-order valence-electron chi connectivity index (χ0n) is 12.0. The molecule has 0 aromatic heterocycles. The average Bonchev–Trinajstić information content (AvgIpc) is 2.42. The van der Waals surface area contributed by atoms with E-state index in [9.17, 15) is 18.0 Å². The molecule has 0 fully saturated rings. The molecule has 1 amide bonds. The van der Waals surface area contributed by atoms with Crippen molar-refractivity contribution in [1.29, 1.82) is 0 Å². The number of methoxy groups -OCH3 is 1. The van der Waals surface area contributed by atoms with Gasteiger partial charge in [-0.25, -0.2) is 4.79 Å². The van der Waals surface area contributed by atoms with Crippen molar-refractivity contribution in [1.82, 2.24) is 5.32 Å². The maximum atomic E-state index is 12.0. The van der Waals surface area contributed by atoms with Crippen LogP contribution in [-0.4, -0.2) is 40.1 Å². The summed E-state index contributed by atoms with van der Waals surface area (Å²) in [5, 5.41) is 2.26. The van der Waals surface area contributed by atoms with E-state index < -0.39 is 34.6 Å². The predicted molar refractivity (Wildman–Crippen MR) is 73.9 cm³/mol. The molecule has 0 heterocycles. The van der Waals surface area contributed by atoms with Gasteiger partial charge in [-0.2, -0.15) is 8.42 Å². The van der Waals surface area contributed by atoms with E-state index in [-0.39, 0.29) is 4.90 Å². The van der Waals surface area contributed by atoms with Gasteiger partial charge in [-0.05, 0) is 19.1 Å². The van der Waals surface area contributed by atoms with E-state index in [0.29, 0.717) is 0 Å². The summed E-state index contributed by atoms with van der Waals surface area (Å²) in [5.74, 6) is -1.29. The number of benzene rings is 1. The highest BCUT2D eigenvalue weighted by atomic mass is 32.2. The summed E-state index contributed by atoms with van der Waals surface area (Å²) >= 11 is 0. The van der Waals surface area contributed by atoms with Crippen molar-refractivity contribution in [2.24, 2.45) is 0 Å². The Morgan fingerprint density at radius 3 is 2.29 bits per heavy atom. The first-order chi connectivity index (χ1) is 9.76. The minimum absolute atomic E-state index is 0.0282. The maximum Gasteiger partial charge on any atom is 0.330 e. The number of hydrogen-bond acceptors (Lipinski definition) is 6. The molecule has 1 rings (SSSR count). The second kappa shape index (κ2) is 7.19. The van der Waals surface area contributed by atoms with Crippen molar-refractivity contribution in [3.8, 4) is 0 Å². The highest BCUT2D eigenvalue weighted by Gasteiger charge is 2.24. The number of esters is 1. The summed E-state index contributed by atoms with van der Waals surface area (Å²) in [4.78, 5) is 22.4. The molecule has 0 radical (unpaired) electrons. The first-order valence-electron chi connectivity index (χ1n) is 6.07. The van der Waals surface area contributed by atoms with Crippen molar-refractivity contribution >= 4 is 22.0 Å². The largest absolute Gasteiger partial charge is 0.467 e. The number of hydrogen-bond donors (Lipinski definition) is 1. The van der Waals surface area contributed by atoms with Gasteiger partial charge in [0.05, 0.1) is 18.6 Å². The number of carbonyl (C=O) groups is 2. The topological polar surface area (TPSA) is 98.8 Å². The van der Waals surface area contributed by atoms with Crippen molar-refractivity contribution in [3.05, 3.63) is 29.8 Å². The minimum Gasteiger partial charge on any atom is -0.467 e. The van der Waals surface area contributed by atoms with Gasteiger partial charge < -0.3 is 10.1 Å². The van der Waals surface area contributed by atoms with Crippen LogP contribution in [0.1, 0.15) is 12.5 Å². The Balaban J connectivity index is 2.80. The Labute approximate surface area is 123 Å². The molecule has 0 aliphatic heterocycles. The molecule has 21 heavy (non-hydrogen) atoms. The molecule has 0 bridgehead atoms. The molecule has 7 nitrogen and oxygen atoms in total. The van der Waals surface area contributed by atoms with E-state index in [4.69, 9.17) is 4.18 Å². The Morgan fingerprint density at radius 1 is 1.24 bits per heavy atom. The summed E-state index contributed by atoms with van der Waals surface area (Å²) in [7, 11) is -2.88. The molecule has 0 unspecified atom stereocenters. The summed E-state index contributed by atoms with van der Waals surface area (Å²) in [6.07, 6.45) is 0. The number of rotatable bonds is 6. The fraction of sp³-hybridized carbons (Fsp3) is 0.385. The fourth-order valence-corrected chi connectivity index (χ4v) is 2.41. The fourth-order valence-electron chi connectivity index (χ4n) is 1.49. The van der Waals surface area contributed by atoms with Gasteiger partial charge in [0, 0.05) is 6.92 Å². The molecule has 0 saturated heterocycles. The molecule has 0 aliphatic carbocycles. The summed E-state index contributed by atoms with van der Waals surface area (Å²) in [5.41, 5.74) is 0.902. The van der Waals surface area contributed by atoms with Gasteiger partial charge in [0.15, 0.2) is 6.04 Å². The molecule has 1 aromatic carbocycles. The average molecular weight is 315 g/mol. The Hall–Kier alpha value is -1.93.